The number of piperazine rings is 1. The van der Waals surface area contributed by atoms with Gasteiger partial charge in [-0.05, 0) is 44.2 Å². The fraction of sp³-hybridized carbons (Fsp3) is 0.381. The summed E-state index contributed by atoms with van der Waals surface area (Å²) in [6.45, 7) is 6.38. The quantitative estimate of drug-likeness (QED) is 0.688. The van der Waals surface area contributed by atoms with Crippen LogP contribution in [0.4, 0.5) is 11.6 Å². The smallest absolute Gasteiger partial charge is 0.270 e. The van der Waals surface area contributed by atoms with Crippen LogP contribution >= 0.6 is 15.9 Å². The highest BCUT2D eigenvalue weighted by Gasteiger charge is 2.30. The molecule has 0 spiro atoms. The third kappa shape index (κ3) is 4.35. The van der Waals surface area contributed by atoms with Crippen molar-refractivity contribution in [2.75, 3.05) is 36.1 Å². The summed E-state index contributed by atoms with van der Waals surface area (Å²) in [6, 6.07) is 9.26. The predicted molar refractivity (Wildman–Crippen MR) is 119 cm³/mol. The van der Waals surface area contributed by atoms with Crippen molar-refractivity contribution >= 4 is 45.1 Å². The van der Waals surface area contributed by atoms with Crippen LogP contribution in [0.3, 0.4) is 0 Å². The summed E-state index contributed by atoms with van der Waals surface area (Å²) in [6.07, 6.45) is 0.641. The van der Waals surface area contributed by atoms with E-state index in [1.54, 1.807) is 4.90 Å². The molecule has 1 aromatic carbocycles. The SMILES string of the molecule is Cc1cc(C)nc(N2CCN(C(=O)C3=NN(c4ccc(Br)cc4)C(=O)CC3)CC2)n1. The number of hydrogen-bond acceptors (Lipinski definition) is 6. The van der Waals surface area contributed by atoms with Crippen molar-refractivity contribution in [2.45, 2.75) is 26.7 Å². The van der Waals surface area contributed by atoms with E-state index < -0.39 is 0 Å². The van der Waals surface area contributed by atoms with E-state index in [4.69, 9.17) is 0 Å². The molecule has 0 atom stereocenters. The average Bonchev–Trinajstić information content (AvgIpc) is 2.74. The third-order valence-corrected chi connectivity index (χ3v) is 5.70. The van der Waals surface area contributed by atoms with Crippen molar-refractivity contribution < 1.29 is 9.59 Å². The van der Waals surface area contributed by atoms with Crippen LogP contribution in [0.1, 0.15) is 24.2 Å². The van der Waals surface area contributed by atoms with Gasteiger partial charge < -0.3 is 9.80 Å². The number of nitrogens with zero attached hydrogens (tertiary/aromatic N) is 6. The van der Waals surface area contributed by atoms with Gasteiger partial charge in [-0.15, -0.1) is 0 Å². The van der Waals surface area contributed by atoms with Crippen LogP contribution in [0.5, 0.6) is 0 Å². The first-order chi connectivity index (χ1) is 14.4. The van der Waals surface area contributed by atoms with Gasteiger partial charge in [0.1, 0.15) is 5.71 Å². The van der Waals surface area contributed by atoms with E-state index in [-0.39, 0.29) is 18.2 Å². The lowest BCUT2D eigenvalue weighted by molar-refractivity contribution is -0.124. The molecule has 4 rings (SSSR count). The van der Waals surface area contributed by atoms with E-state index >= 15 is 0 Å². The first-order valence-electron chi connectivity index (χ1n) is 9.93. The van der Waals surface area contributed by atoms with Crippen LogP contribution in [0.2, 0.25) is 0 Å². The van der Waals surface area contributed by atoms with Crippen LogP contribution in [-0.2, 0) is 9.59 Å². The molecule has 1 aromatic heterocycles. The second kappa shape index (κ2) is 8.51. The van der Waals surface area contributed by atoms with Crippen LogP contribution < -0.4 is 9.91 Å². The minimum absolute atomic E-state index is 0.106. The minimum atomic E-state index is -0.106. The van der Waals surface area contributed by atoms with Gasteiger partial charge in [-0.1, -0.05) is 15.9 Å². The molecule has 0 aliphatic carbocycles. The summed E-state index contributed by atoms with van der Waals surface area (Å²) in [4.78, 5) is 38.3. The van der Waals surface area contributed by atoms with Gasteiger partial charge in [0.25, 0.3) is 5.91 Å². The molecule has 0 saturated carbocycles. The number of hydrogen-bond donors (Lipinski definition) is 0. The molecule has 2 aromatic rings. The Balaban J connectivity index is 1.45. The van der Waals surface area contributed by atoms with Gasteiger partial charge in [-0.25, -0.2) is 15.0 Å². The van der Waals surface area contributed by atoms with Crippen LogP contribution in [0.25, 0.3) is 0 Å². The maximum atomic E-state index is 13.0. The molecule has 2 amide bonds. The molecular weight excluding hydrogens is 448 g/mol. The van der Waals surface area contributed by atoms with Crippen molar-refractivity contribution in [1.82, 2.24) is 14.9 Å². The average molecular weight is 471 g/mol. The number of aromatic nitrogens is 2. The van der Waals surface area contributed by atoms with Gasteiger partial charge in [0, 0.05) is 54.9 Å². The van der Waals surface area contributed by atoms with Crippen molar-refractivity contribution in [1.29, 1.82) is 0 Å². The van der Waals surface area contributed by atoms with Crippen molar-refractivity contribution in [3.05, 3.63) is 46.2 Å². The van der Waals surface area contributed by atoms with Crippen LogP contribution in [0.15, 0.2) is 39.9 Å². The second-order valence-electron chi connectivity index (χ2n) is 7.46. The zero-order valence-electron chi connectivity index (χ0n) is 17.0. The van der Waals surface area contributed by atoms with Gasteiger partial charge >= 0.3 is 0 Å². The Morgan fingerprint density at radius 3 is 2.23 bits per heavy atom. The number of carbonyl (C=O) groups is 2. The number of benzene rings is 1. The molecule has 0 N–H and O–H groups in total. The number of anilines is 2. The maximum Gasteiger partial charge on any atom is 0.270 e. The number of amides is 2. The summed E-state index contributed by atoms with van der Waals surface area (Å²) < 4.78 is 0.918. The Kier molecular flexibility index (Phi) is 5.80. The Morgan fingerprint density at radius 2 is 1.60 bits per heavy atom. The molecule has 8 nitrogen and oxygen atoms in total. The van der Waals surface area contributed by atoms with Crippen LogP contribution in [0, 0.1) is 13.8 Å². The van der Waals surface area contributed by atoms with E-state index in [9.17, 15) is 9.59 Å². The van der Waals surface area contributed by atoms with Gasteiger partial charge in [0.2, 0.25) is 11.9 Å². The van der Waals surface area contributed by atoms with Crippen molar-refractivity contribution in [3.8, 4) is 0 Å². The lowest BCUT2D eigenvalue weighted by atomic mass is 10.1. The summed E-state index contributed by atoms with van der Waals surface area (Å²) >= 11 is 3.39. The van der Waals surface area contributed by atoms with E-state index in [1.807, 2.05) is 44.2 Å². The number of aryl methyl sites for hydroxylation is 2. The Morgan fingerprint density at radius 1 is 0.967 bits per heavy atom. The lowest BCUT2D eigenvalue weighted by Gasteiger charge is -2.35. The molecule has 0 bridgehead atoms. The van der Waals surface area contributed by atoms with Gasteiger partial charge in [0.05, 0.1) is 5.69 Å². The van der Waals surface area contributed by atoms with Gasteiger partial charge in [-0.3, -0.25) is 9.59 Å². The van der Waals surface area contributed by atoms with Gasteiger partial charge in [0.15, 0.2) is 0 Å². The lowest BCUT2D eigenvalue weighted by Crippen LogP contribution is -2.52. The summed E-state index contributed by atoms with van der Waals surface area (Å²) in [5, 5.41) is 5.73. The van der Waals surface area contributed by atoms with E-state index in [1.165, 1.54) is 5.01 Å². The largest absolute Gasteiger partial charge is 0.337 e. The topological polar surface area (TPSA) is 82.0 Å². The summed E-state index contributed by atoms with van der Waals surface area (Å²) in [5.74, 6) is 0.498. The summed E-state index contributed by atoms with van der Waals surface area (Å²) in [7, 11) is 0. The molecule has 1 saturated heterocycles. The molecule has 3 heterocycles. The van der Waals surface area contributed by atoms with E-state index in [2.05, 4.69) is 35.9 Å². The highest BCUT2D eigenvalue weighted by molar-refractivity contribution is 9.10. The predicted octanol–water partition coefficient (Wildman–Crippen LogP) is 2.69. The Hall–Kier alpha value is -2.81. The van der Waals surface area contributed by atoms with Crippen molar-refractivity contribution in [2.24, 2.45) is 5.10 Å². The third-order valence-electron chi connectivity index (χ3n) is 5.17. The number of carbonyl (C=O) groups excluding carboxylic acids is 2. The Labute approximate surface area is 183 Å². The fourth-order valence-electron chi connectivity index (χ4n) is 3.63. The zero-order chi connectivity index (χ0) is 21.3. The normalized spacial score (nSPS) is 17.2. The van der Waals surface area contributed by atoms with Gasteiger partial charge in [-0.2, -0.15) is 5.10 Å². The molecule has 0 radical (unpaired) electrons. The monoisotopic (exact) mass is 470 g/mol. The van der Waals surface area contributed by atoms with E-state index in [0.717, 1.165) is 15.9 Å². The molecule has 30 heavy (non-hydrogen) atoms. The molecular formula is C21H23BrN6O2. The molecule has 1 fully saturated rings. The highest BCUT2D eigenvalue weighted by Crippen LogP contribution is 2.23. The first-order valence-corrected chi connectivity index (χ1v) is 10.7. The number of halogens is 1. The van der Waals surface area contributed by atoms with Crippen LogP contribution in [-0.4, -0.2) is 58.6 Å². The zero-order valence-corrected chi connectivity index (χ0v) is 18.6. The molecule has 2 aliphatic rings. The minimum Gasteiger partial charge on any atom is -0.337 e. The number of rotatable bonds is 3. The molecule has 2 aliphatic heterocycles. The van der Waals surface area contributed by atoms with Crippen molar-refractivity contribution in [3.63, 3.8) is 0 Å². The molecule has 9 heteroatoms. The first kappa shape index (κ1) is 20.5. The maximum absolute atomic E-state index is 13.0. The summed E-state index contributed by atoms with van der Waals surface area (Å²) in [5.41, 5.74) is 2.95. The Bertz CT molecular complexity index is 979. The number of hydrazone groups is 1. The molecule has 0 unspecified atom stereocenters. The standard InChI is InChI=1S/C21H23BrN6O2/c1-14-13-15(2)24-21(23-14)27-11-9-26(10-12-27)20(30)18-7-8-19(29)28(25-18)17-5-3-16(22)4-6-17/h3-6,13H,7-12H2,1-2H3. The highest BCUT2D eigenvalue weighted by atomic mass is 79.9. The van der Waals surface area contributed by atoms with E-state index in [0.29, 0.717) is 49.9 Å². The second-order valence-corrected chi connectivity index (χ2v) is 8.37. The molecule has 156 valence electrons. The fourth-order valence-corrected chi connectivity index (χ4v) is 3.90.